The predicted molar refractivity (Wildman–Crippen MR) is 68.7 cm³/mol. The van der Waals surface area contributed by atoms with Gasteiger partial charge in [-0.3, -0.25) is 4.79 Å². The van der Waals surface area contributed by atoms with Crippen LogP contribution in [0.3, 0.4) is 0 Å². The minimum atomic E-state index is -0.458. The molecule has 1 spiro atoms. The number of ether oxygens (including phenoxy) is 2. The van der Waals surface area contributed by atoms with Gasteiger partial charge in [0.2, 0.25) is 5.91 Å². The molecular weight excluding hydrogens is 248 g/mol. The quantitative estimate of drug-likeness (QED) is 0.741. The maximum Gasteiger partial charge on any atom is 0.410 e. The van der Waals surface area contributed by atoms with Crippen LogP contribution in [0.5, 0.6) is 0 Å². The second kappa shape index (κ2) is 4.67. The zero-order valence-electron chi connectivity index (χ0n) is 12.1. The van der Waals surface area contributed by atoms with Gasteiger partial charge < -0.3 is 19.3 Å². The zero-order valence-corrected chi connectivity index (χ0v) is 12.1. The molecule has 0 aliphatic carbocycles. The molecule has 108 valence electrons. The highest BCUT2D eigenvalue weighted by Crippen LogP contribution is 2.40. The van der Waals surface area contributed by atoms with Crippen LogP contribution in [0, 0.1) is 5.41 Å². The zero-order chi connectivity index (χ0) is 14.3. The van der Waals surface area contributed by atoms with Crippen LogP contribution >= 0.6 is 0 Å². The van der Waals surface area contributed by atoms with Crippen molar-refractivity contribution in [3.8, 4) is 0 Å². The summed E-state index contributed by atoms with van der Waals surface area (Å²) in [6.45, 7) is 8.49. The van der Waals surface area contributed by atoms with E-state index in [1.54, 1.807) is 9.80 Å². The molecule has 0 aromatic rings. The van der Waals surface area contributed by atoms with E-state index in [0.717, 1.165) is 0 Å². The Morgan fingerprint density at radius 1 is 1.11 bits per heavy atom. The Morgan fingerprint density at radius 3 is 2.11 bits per heavy atom. The third-order valence-corrected chi connectivity index (χ3v) is 3.38. The third kappa shape index (κ3) is 3.00. The Kier molecular flexibility index (Phi) is 3.47. The van der Waals surface area contributed by atoms with Crippen molar-refractivity contribution in [1.82, 2.24) is 9.80 Å². The van der Waals surface area contributed by atoms with E-state index in [1.807, 2.05) is 20.8 Å². The summed E-state index contributed by atoms with van der Waals surface area (Å²) in [6.07, 6.45) is -0.264. The molecule has 2 rings (SSSR count). The molecular formula is C13H22N2O4. The predicted octanol–water partition coefficient (Wildman–Crippen LogP) is 0.712. The highest BCUT2D eigenvalue weighted by molar-refractivity contribution is 5.79. The number of hydrogen-bond acceptors (Lipinski definition) is 4. The topological polar surface area (TPSA) is 59.1 Å². The van der Waals surface area contributed by atoms with Gasteiger partial charge >= 0.3 is 6.09 Å². The van der Waals surface area contributed by atoms with Gasteiger partial charge in [-0.15, -0.1) is 0 Å². The van der Waals surface area contributed by atoms with Crippen molar-refractivity contribution in [1.29, 1.82) is 0 Å². The fraction of sp³-hybridized carbons (Fsp3) is 0.846. The summed E-state index contributed by atoms with van der Waals surface area (Å²) in [5.74, 6) is 0.0174. The van der Waals surface area contributed by atoms with Crippen LogP contribution in [-0.2, 0) is 14.3 Å². The molecule has 0 bridgehead atoms. The Morgan fingerprint density at radius 2 is 1.63 bits per heavy atom. The average molecular weight is 270 g/mol. The first-order chi connectivity index (χ1) is 8.75. The molecule has 2 fully saturated rings. The summed E-state index contributed by atoms with van der Waals surface area (Å²) in [5.41, 5.74) is -0.361. The highest BCUT2D eigenvalue weighted by Gasteiger charge is 2.55. The van der Waals surface area contributed by atoms with Crippen LogP contribution in [0.25, 0.3) is 0 Å². The lowest BCUT2D eigenvalue weighted by Crippen LogP contribution is -2.74. The Labute approximate surface area is 113 Å². The van der Waals surface area contributed by atoms with Crippen LogP contribution in [0.1, 0.15) is 20.8 Å². The number of amides is 2. The van der Waals surface area contributed by atoms with Crippen LogP contribution in [-0.4, -0.2) is 67.3 Å². The molecule has 0 aromatic carbocycles. The number of hydrogen-bond donors (Lipinski definition) is 0. The molecule has 0 N–H and O–H groups in total. The summed E-state index contributed by atoms with van der Waals surface area (Å²) >= 11 is 0. The van der Waals surface area contributed by atoms with E-state index in [-0.39, 0.29) is 24.0 Å². The lowest BCUT2D eigenvalue weighted by molar-refractivity contribution is -0.160. The van der Waals surface area contributed by atoms with E-state index in [2.05, 4.69) is 0 Å². The van der Waals surface area contributed by atoms with Gasteiger partial charge in [-0.05, 0) is 20.8 Å². The molecule has 2 heterocycles. The SMILES string of the molecule is COCC(=O)N1CC2(C1)CN(C(=O)OC(C)(C)C)C2. The van der Waals surface area contributed by atoms with Crippen LogP contribution in [0.4, 0.5) is 4.79 Å². The van der Waals surface area contributed by atoms with E-state index in [1.165, 1.54) is 7.11 Å². The van der Waals surface area contributed by atoms with Gasteiger partial charge in [0.15, 0.2) is 0 Å². The maximum absolute atomic E-state index is 11.8. The van der Waals surface area contributed by atoms with Gasteiger partial charge in [-0.1, -0.05) is 0 Å². The first-order valence-corrected chi connectivity index (χ1v) is 6.49. The molecule has 2 amide bonds. The van der Waals surface area contributed by atoms with Crippen molar-refractivity contribution in [2.45, 2.75) is 26.4 Å². The van der Waals surface area contributed by atoms with E-state index < -0.39 is 5.60 Å². The number of carbonyl (C=O) groups excluding carboxylic acids is 2. The van der Waals surface area contributed by atoms with Crippen LogP contribution < -0.4 is 0 Å². The minimum Gasteiger partial charge on any atom is -0.444 e. The Balaban J connectivity index is 1.73. The summed E-state index contributed by atoms with van der Waals surface area (Å²) in [6, 6.07) is 0. The van der Waals surface area contributed by atoms with Crippen molar-refractivity contribution < 1.29 is 19.1 Å². The minimum absolute atomic E-state index is 0.0174. The van der Waals surface area contributed by atoms with Gasteiger partial charge in [0.05, 0.1) is 0 Å². The molecule has 2 saturated heterocycles. The summed E-state index contributed by atoms with van der Waals surface area (Å²) in [7, 11) is 1.51. The lowest BCUT2D eigenvalue weighted by Gasteiger charge is -2.59. The first kappa shape index (κ1) is 14.1. The molecule has 0 unspecified atom stereocenters. The number of methoxy groups -OCH3 is 1. The normalized spacial score (nSPS) is 20.8. The van der Waals surface area contributed by atoms with Gasteiger partial charge in [0.25, 0.3) is 0 Å². The van der Waals surface area contributed by atoms with Crippen LogP contribution in [0.15, 0.2) is 0 Å². The largest absolute Gasteiger partial charge is 0.444 e. The smallest absolute Gasteiger partial charge is 0.410 e. The number of likely N-dealkylation sites (tertiary alicyclic amines) is 2. The van der Waals surface area contributed by atoms with Crippen LogP contribution in [0.2, 0.25) is 0 Å². The summed E-state index contributed by atoms with van der Waals surface area (Å²) in [4.78, 5) is 26.8. The van der Waals surface area contributed by atoms with Crippen molar-refractivity contribution >= 4 is 12.0 Å². The van der Waals surface area contributed by atoms with Crippen molar-refractivity contribution in [2.24, 2.45) is 5.41 Å². The number of rotatable bonds is 2. The Hall–Kier alpha value is -1.30. The molecule has 6 nitrogen and oxygen atoms in total. The number of carbonyl (C=O) groups is 2. The van der Waals surface area contributed by atoms with E-state index >= 15 is 0 Å². The van der Waals surface area contributed by atoms with E-state index in [9.17, 15) is 9.59 Å². The second-order valence-corrected chi connectivity index (χ2v) is 6.52. The van der Waals surface area contributed by atoms with E-state index in [4.69, 9.17) is 9.47 Å². The Bertz CT molecular complexity index is 375. The third-order valence-electron chi connectivity index (χ3n) is 3.38. The van der Waals surface area contributed by atoms with Crippen molar-refractivity contribution in [3.05, 3.63) is 0 Å². The number of nitrogens with zero attached hydrogens (tertiary/aromatic N) is 2. The molecule has 0 radical (unpaired) electrons. The average Bonchev–Trinajstić information content (AvgIpc) is 2.10. The fourth-order valence-electron chi connectivity index (χ4n) is 2.57. The molecule has 19 heavy (non-hydrogen) atoms. The lowest BCUT2D eigenvalue weighted by atomic mass is 9.73. The molecule has 0 aromatic heterocycles. The second-order valence-electron chi connectivity index (χ2n) is 6.52. The van der Waals surface area contributed by atoms with Gasteiger partial charge in [0, 0.05) is 38.7 Å². The molecule has 0 atom stereocenters. The molecule has 2 aliphatic rings. The van der Waals surface area contributed by atoms with Gasteiger partial charge in [-0.2, -0.15) is 0 Å². The molecule has 0 saturated carbocycles. The fourth-order valence-corrected chi connectivity index (χ4v) is 2.57. The molecule has 2 aliphatic heterocycles. The monoisotopic (exact) mass is 270 g/mol. The maximum atomic E-state index is 11.8. The van der Waals surface area contributed by atoms with E-state index in [0.29, 0.717) is 26.2 Å². The van der Waals surface area contributed by atoms with Crippen molar-refractivity contribution in [3.63, 3.8) is 0 Å². The standard InChI is InChI=1S/C13H22N2O4/c1-12(2,3)19-11(17)15-8-13(9-15)6-14(7-13)10(16)5-18-4/h5-9H2,1-4H3. The van der Waals surface area contributed by atoms with Gasteiger partial charge in [0.1, 0.15) is 12.2 Å². The molecule has 6 heteroatoms. The first-order valence-electron chi connectivity index (χ1n) is 6.49. The highest BCUT2D eigenvalue weighted by atomic mass is 16.6. The van der Waals surface area contributed by atoms with Crippen molar-refractivity contribution in [2.75, 3.05) is 39.9 Å². The summed E-state index contributed by atoms with van der Waals surface area (Å²) in [5, 5.41) is 0. The summed E-state index contributed by atoms with van der Waals surface area (Å²) < 4.78 is 10.1. The van der Waals surface area contributed by atoms with Gasteiger partial charge in [-0.25, -0.2) is 4.79 Å².